The van der Waals surface area contributed by atoms with Crippen LogP contribution < -0.4 is 10.2 Å². The molecule has 0 aromatic heterocycles. The average molecular weight is 564 g/mol. The fourth-order valence-electron chi connectivity index (χ4n) is 3.79. The van der Waals surface area contributed by atoms with Gasteiger partial charge in [0.1, 0.15) is 0 Å². The zero-order chi connectivity index (χ0) is 26.1. The zero-order valence-electron chi connectivity index (χ0n) is 18.9. The molecule has 13 heteroatoms. The molecule has 2 N–H and O–H groups in total. The van der Waals surface area contributed by atoms with Crippen LogP contribution in [0.2, 0.25) is 20.1 Å². The number of amides is 4. The maximum atomic E-state index is 13.5. The highest BCUT2D eigenvalue weighted by Gasteiger charge is 2.56. The molecular formula is C22H22Cl4N4O5. The molecular weight excluding hydrogens is 542 g/mol. The molecule has 2 aromatic carbocycles. The SMILES string of the molecule is COC(=O)CCN1C(=O)N(c2ccc(Cl)c(Cl)c2)C(N(O)C(=O)Nc2ccc(Cl)c(Cl)c2)C1(C)C. The molecule has 0 saturated carbocycles. The van der Waals surface area contributed by atoms with Gasteiger partial charge in [0.05, 0.1) is 39.2 Å². The summed E-state index contributed by atoms with van der Waals surface area (Å²) >= 11 is 24.1. The number of hydroxylamine groups is 2. The predicted octanol–water partition coefficient (Wildman–Crippen LogP) is 6.13. The van der Waals surface area contributed by atoms with Crippen LogP contribution >= 0.6 is 46.4 Å². The van der Waals surface area contributed by atoms with Crippen LogP contribution in [0.3, 0.4) is 0 Å². The van der Waals surface area contributed by atoms with Gasteiger partial charge in [-0.3, -0.25) is 14.9 Å². The number of esters is 1. The van der Waals surface area contributed by atoms with Crippen molar-refractivity contribution in [1.29, 1.82) is 0 Å². The second kappa shape index (κ2) is 10.7. The van der Waals surface area contributed by atoms with Crippen molar-refractivity contribution < 1.29 is 24.3 Å². The summed E-state index contributed by atoms with van der Waals surface area (Å²) in [6.45, 7) is 3.29. The van der Waals surface area contributed by atoms with Gasteiger partial charge >= 0.3 is 18.0 Å². The van der Waals surface area contributed by atoms with Gasteiger partial charge in [-0.1, -0.05) is 46.4 Å². The first-order valence-electron chi connectivity index (χ1n) is 10.2. The summed E-state index contributed by atoms with van der Waals surface area (Å²) in [5.41, 5.74) is -0.611. The smallest absolute Gasteiger partial charge is 0.347 e. The molecule has 1 aliphatic rings. The fourth-order valence-corrected chi connectivity index (χ4v) is 4.38. The van der Waals surface area contributed by atoms with E-state index in [-0.39, 0.29) is 39.4 Å². The third-order valence-corrected chi connectivity index (χ3v) is 7.05. The lowest BCUT2D eigenvalue weighted by molar-refractivity contribution is -0.141. The summed E-state index contributed by atoms with van der Waals surface area (Å²) in [6, 6.07) is 7.37. The minimum atomic E-state index is -1.23. The molecule has 188 valence electrons. The van der Waals surface area contributed by atoms with Crippen LogP contribution in [0.15, 0.2) is 36.4 Å². The summed E-state index contributed by atoms with van der Waals surface area (Å²) in [4.78, 5) is 40.9. The van der Waals surface area contributed by atoms with Crippen LogP contribution in [-0.4, -0.2) is 58.6 Å². The highest BCUT2D eigenvalue weighted by atomic mass is 35.5. The van der Waals surface area contributed by atoms with Crippen molar-refractivity contribution in [2.24, 2.45) is 0 Å². The molecule has 1 atom stereocenters. The standard InChI is InChI=1S/C22H22Cl4N4O5/c1-22(2)19(30(34)20(32)27-12-4-6-14(23)16(25)10-12)29(13-5-7-15(24)17(26)11-13)21(33)28(22)9-8-18(31)35-3/h4-7,10-11,19,34H,8-9H2,1-3H3,(H,27,32). The molecule has 1 heterocycles. The number of ether oxygens (including phenoxy) is 1. The highest BCUT2D eigenvalue weighted by Crippen LogP contribution is 2.40. The lowest BCUT2D eigenvalue weighted by Gasteiger charge is -2.38. The first-order chi connectivity index (χ1) is 16.4. The average Bonchev–Trinajstić information content (AvgIpc) is 3.00. The van der Waals surface area contributed by atoms with Crippen molar-refractivity contribution in [3.05, 3.63) is 56.5 Å². The largest absolute Gasteiger partial charge is 0.469 e. The van der Waals surface area contributed by atoms with E-state index in [1.54, 1.807) is 13.8 Å². The van der Waals surface area contributed by atoms with Gasteiger partial charge in [0.25, 0.3) is 0 Å². The Morgan fingerprint density at radius 3 is 2.23 bits per heavy atom. The number of carbonyl (C=O) groups excluding carboxylic acids is 3. The molecule has 9 nitrogen and oxygen atoms in total. The van der Waals surface area contributed by atoms with Gasteiger partial charge < -0.3 is 15.0 Å². The minimum Gasteiger partial charge on any atom is -0.469 e. The van der Waals surface area contributed by atoms with E-state index in [9.17, 15) is 19.6 Å². The third kappa shape index (κ3) is 5.54. The van der Waals surface area contributed by atoms with Gasteiger partial charge in [0.15, 0.2) is 6.17 Å². The molecule has 0 spiro atoms. The second-order valence-corrected chi connectivity index (χ2v) is 9.79. The molecule has 2 aromatic rings. The van der Waals surface area contributed by atoms with E-state index < -0.39 is 29.7 Å². The van der Waals surface area contributed by atoms with Crippen LogP contribution in [0.5, 0.6) is 0 Å². The van der Waals surface area contributed by atoms with E-state index in [0.29, 0.717) is 10.1 Å². The normalized spacial score (nSPS) is 16.9. The van der Waals surface area contributed by atoms with Crippen molar-refractivity contribution in [2.75, 3.05) is 23.9 Å². The van der Waals surface area contributed by atoms with E-state index >= 15 is 0 Å². The molecule has 0 radical (unpaired) electrons. The molecule has 0 aliphatic carbocycles. The Balaban J connectivity index is 1.99. The highest BCUT2D eigenvalue weighted by molar-refractivity contribution is 6.42. The van der Waals surface area contributed by atoms with Gasteiger partial charge in [0.2, 0.25) is 0 Å². The van der Waals surface area contributed by atoms with Crippen LogP contribution in [-0.2, 0) is 9.53 Å². The van der Waals surface area contributed by atoms with E-state index in [0.717, 1.165) is 0 Å². The molecule has 1 fully saturated rings. The molecule has 3 rings (SSSR count). The Labute approximate surface area is 222 Å². The summed E-state index contributed by atoms with van der Waals surface area (Å²) < 4.78 is 4.68. The topological polar surface area (TPSA) is 102 Å². The van der Waals surface area contributed by atoms with Crippen molar-refractivity contribution in [1.82, 2.24) is 9.96 Å². The van der Waals surface area contributed by atoms with Crippen LogP contribution in [0.4, 0.5) is 21.0 Å². The van der Waals surface area contributed by atoms with Crippen molar-refractivity contribution in [3.63, 3.8) is 0 Å². The Kier molecular flexibility index (Phi) is 8.28. The number of nitrogens with one attached hydrogen (secondary N) is 1. The van der Waals surface area contributed by atoms with E-state index in [4.69, 9.17) is 46.4 Å². The monoisotopic (exact) mass is 562 g/mol. The fraction of sp³-hybridized carbons (Fsp3) is 0.318. The van der Waals surface area contributed by atoms with Crippen molar-refractivity contribution >= 4 is 75.8 Å². The molecule has 35 heavy (non-hydrogen) atoms. The first kappa shape index (κ1) is 27.2. The second-order valence-electron chi connectivity index (χ2n) is 8.16. The van der Waals surface area contributed by atoms with Gasteiger partial charge in [-0.15, -0.1) is 0 Å². The van der Waals surface area contributed by atoms with Gasteiger partial charge in [-0.2, -0.15) is 5.06 Å². The number of nitrogens with zero attached hydrogens (tertiary/aromatic N) is 3. The van der Waals surface area contributed by atoms with E-state index in [1.807, 2.05) is 0 Å². The van der Waals surface area contributed by atoms with Gasteiger partial charge in [0, 0.05) is 17.9 Å². The van der Waals surface area contributed by atoms with Gasteiger partial charge in [-0.25, -0.2) is 9.59 Å². The lowest BCUT2D eigenvalue weighted by atomic mass is 9.99. The van der Waals surface area contributed by atoms with Crippen LogP contribution in [0.25, 0.3) is 0 Å². The minimum absolute atomic E-state index is 0.0188. The van der Waals surface area contributed by atoms with Crippen LogP contribution in [0.1, 0.15) is 20.3 Å². The zero-order valence-corrected chi connectivity index (χ0v) is 21.9. The molecule has 1 aliphatic heterocycles. The molecule has 1 unspecified atom stereocenters. The lowest BCUT2D eigenvalue weighted by Crippen LogP contribution is -2.58. The first-order valence-corrected chi connectivity index (χ1v) is 11.8. The number of rotatable bonds is 6. The number of halogens is 4. The molecule has 1 saturated heterocycles. The number of hydrogen-bond donors (Lipinski definition) is 2. The number of methoxy groups -OCH3 is 1. The number of carbonyl (C=O) groups is 3. The number of anilines is 2. The Bertz CT molecular complexity index is 1160. The number of benzene rings is 2. The van der Waals surface area contributed by atoms with E-state index in [1.165, 1.54) is 53.3 Å². The number of hydrogen-bond acceptors (Lipinski definition) is 5. The van der Waals surface area contributed by atoms with Crippen molar-refractivity contribution in [3.8, 4) is 0 Å². The molecule has 0 bridgehead atoms. The Morgan fingerprint density at radius 2 is 1.66 bits per heavy atom. The third-order valence-electron chi connectivity index (χ3n) is 5.57. The number of urea groups is 2. The summed E-state index contributed by atoms with van der Waals surface area (Å²) in [6.07, 6.45) is -1.32. The Hall–Kier alpha value is -2.43. The maximum absolute atomic E-state index is 13.5. The summed E-state index contributed by atoms with van der Waals surface area (Å²) in [7, 11) is 1.24. The predicted molar refractivity (Wildman–Crippen MR) is 135 cm³/mol. The van der Waals surface area contributed by atoms with Crippen molar-refractivity contribution in [2.45, 2.75) is 32.0 Å². The Morgan fingerprint density at radius 1 is 1.06 bits per heavy atom. The summed E-state index contributed by atoms with van der Waals surface area (Å²) in [5.74, 6) is -0.517. The maximum Gasteiger partial charge on any atom is 0.347 e. The van der Waals surface area contributed by atoms with Gasteiger partial charge in [-0.05, 0) is 50.2 Å². The molecule has 4 amide bonds. The van der Waals surface area contributed by atoms with E-state index in [2.05, 4.69) is 10.1 Å². The quantitative estimate of drug-likeness (QED) is 0.250. The van der Waals surface area contributed by atoms with Crippen LogP contribution in [0, 0.1) is 0 Å². The summed E-state index contributed by atoms with van der Waals surface area (Å²) in [5, 5.41) is 14.9.